The molecular weight excluding hydrogens is 228 g/mol. The van der Waals surface area contributed by atoms with Gasteiger partial charge in [-0.2, -0.15) is 0 Å². The van der Waals surface area contributed by atoms with Crippen LogP contribution in [0.3, 0.4) is 0 Å². The van der Waals surface area contributed by atoms with Crippen LogP contribution in [0.4, 0.5) is 5.95 Å². The lowest BCUT2D eigenvalue weighted by Crippen LogP contribution is -2.00. The predicted octanol–water partition coefficient (Wildman–Crippen LogP) is 2.23. The molecule has 2 rings (SSSR count). The molecule has 0 aliphatic rings. The molecule has 1 heterocycles. The van der Waals surface area contributed by atoms with Crippen molar-refractivity contribution < 1.29 is 0 Å². The highest BCUT2D eigenvalue weighted by Gasteiger charge is 2.03. The summed E-state index contributed by atoms with van der Waals surface area (Å²) in [5.74, 6) is 0.372. The first kappa shape index (κ1) is 10.3. The molecule has 0 saturated carbocycles. The first-order valence-electron chi connectivity index (χ1n) is 4.29. The van der Waals surface area contributed by atoms with Crippen LogP contribution in [-0.4, -0.2) is 21.0 Å². The van der Waals surface area contributed by atoms with Crippen molar-refractivity contribution in [3.05, 3.63) is 29.0 Å². The summed E-state index contributed by atoms with van der Waals surface area (Å²) in [5, 5.41) is 6.50. The molecule has 0 unspecified atom stereocenters. The van der Waals surface area contributed by atoms with Crippen molar-refractivity contribution in [2.45, 2.75) is 4.90 Å². The standard InChI is InChI=1S/C9H10N4S2/c1-15-7-4-2-6(3-5-7)13-8(10)11-12-9(13)14/h2-5H,1H3,(H2,10,11)(H,12,14). The third kappa shape index (κ3) is 1.91. The van der Waals surface area contributed by atoms with Crippen LogP contribution in [0.1, 0.15) is 0 Å². The molecule has 1 aromatic carbocycles. The van der Waals surface area contributed by atoms with Gasteiger partial charge in [-0.25, -0.2) is 5.10 Å². The molecule has 0 fully saturated rings. The molecule has 0 spiro atoms. The molecule has 78 valence electrons. The van der Waals surface area contributed by atoms with Gasteiger partial charge in [-0.3, -0.25) is 4.57 Å². The van der Waals surface area contributed by atoms with Gasteiger partial charge in [0.25, 0.3) is 0 Å². The molecule has 1 aromatic heterocycles. The number of aromatic nitrogens is 3. The van der Waals surface area contributed by atoms with E-state index in [4.69, 9.17) is 18.0 Å². The van der Waals surface area contributed by atoms with Crippen LogP contribution in [0.2, 0.25) is 0 Å². The first-order valence-corrected chi connectivity index (χ1v) is 5.93. The summed E-state index contributed by atoms with van der Waals surface area (Å²) in [5.41, 5.74) is 6.61. The summed E-state index contributed by atoms with van der Waals surface area (Å²) in [4.78, 5) is 1.20. The maximum atomic E-state index is 5.69. The number of hydrogen-bond donors (Lipinski definition) is 2. The van der Waals surface area contributed by atoms with Crippen molar-refractivity contribution in [1.82, 2.24) is 14.8 Å². The van der Waals surface area contributed by atoms with Gasteiger partial charge < -0.3 is 5.73 Å². The monoisotopic (exact) mass is 238 g/mol. The fraction of sp³-hybridized carbons (Fsp3) is 0.111. The molecule has 3 N–H and O–H groups in total. The molecular formula is C9H10N4S2. The minimum atomic E-state index is 0.372. The lowest BCUT2D eigenvalue weighted by molar-refractivity contribution is 1.03. The minimum absolute atomic E-state index is 0.372. The average molecular weight is 238 g/mol. The van der Waals surface area contributed by atoms with E-state index in [9.17, 15) is 0 Å². The Morgan fingerprint density at radius 3 is 2.53 bits per heavy atom. The van der Waals surface area contributed by atoms with Gasteiger partial charge in [-0.15, -0.1) is 16.9 Å². The number of rotatable bonds is 2. The second kappa shape index (κ2) is 4.08. The molecule has 0 amide bonds. The number of aromatic amines is 1. The van der Waals surface area contributed by atoms with E-state index in [1.165, 1.54) is 4.90 Å². The van der Waals surface area contributed by atoms with Crippen molar-refractivity contribution in [1.29, 1.82) is 0 Å². The van der Waals surface area contributed by atoms with E-state index in [2.05, 4.69) is 10.2 Å². The highest BCUT2D eigenvalue weighted by atomic mass is 32.2. The van der Waals surface area contributed by atoms with Gasteiger partial charge in [-0.05, 0) is 42.7 Å². The Morgan fingerprint density at radius 2 is 2.07 bits per heavy atom. The highest BCUT2D eigenvalue weighted by Crippen LogP contribution is 2.18. The topological polar surface area (TPSA) is 59.6 Å². The number of nitrogens with zero attached hydrogens (tertiary/aromatic N) is 2. The highest BCUT2D eigenvalue weighted by molar-refractivity contribution is 7.98. The van der Waals surface area contributed by atoms with E-state index in [1.807, 2.05) is 30.5 Å². The van der Waals surface area contributed by atoms with Gasteiger partial charge in [-0.1, -0.05) is 0 Å². The Balaban J connectivity index is 2.50. The fourth-order valence-electron chi connectivity index (χ4n) is 1.29. The molecule has 2 aromatic rings. The van der Waals surface area contributed by atoms with Crippen LogP contribution in [0.5, 0.6) is 0 Å². The maximum Gasteiger partial charge on any atom is 0.225 e. The number of hydrogen-bond acceptors (Lipinski definition) is 4. The van der Waals surface area contributed by atoms with E-state index in [0.717, 1.165) is 5.69 Å². The maximum absolute atomic E-state index is 5.69. The Morgan fingerprint density at radius 1 is 1.40 bits per heavy atom. The van der Waals surface area contributed by atoms with E-state index >= 15 is 0 Å². The largest absolute Gasteiger partial charge is 0.368 e. The normalized spacial score (nSPS) is 10.5. The van der Waals surface area contributed by atoms with Crippen LogP contribution in [0, 0.1) is 4.77 Å². The second-order valence-electron chi connectivity index (χ2n) is 2.92. The second-order valence-corrected chi connectivity index (χ2v) is 4.19. The zero-order chi connectivity index (χ0) is 10.8. The van der Waals surface area contributed by atoms with E-state index in [-0.39, 0.29) is 0 Å². The van der Waals surface area contributed by atoms with Crippen LogP contribution >= 0.6 is 24.0 Å². The summed E-state index contributed by atoms with van der Waals surface area (Å²) in [6, 6.07) is 7.98. The Labute approximate surface area is 96.5 Å². The van der Waals surface area contributed by atoms with E-state index in [0.29, 0.717) is 10.7 Å². The number of nitrogens with two attached hydrogens (primary N) is 1. The third-order valence-electron chi connectivity index (χ3n) is 2.03. The Hall–Kier alpha value is -1.27. The van der Waals surface area contributed by atoms with Gasteiger partial charge in [0.1, 0.15) is 0 Å². The molecule has 4 nitrogen and oxygen atoms in total. The molecule has 0 bridgehead atoms. The van der Waals surface area contributed by atoms with Crippen LogP contribution in [-0.2, 0) is 0 Å². The van der Waals surface area contributed by atoms with Crippen LogP contribution in [0.15, 0.2) is 29.2 Å². The van der Waals surface area contributed by atoms with Gasteiger partial charge in [0, 0.05) is 4.90 Å². The summed E-state index contributed by atoms with van der Waals surface area (Å²) in [6.07, 6.45) is 2.03. The summed E-state index contributed by atoms with van der Waals surface area (Å²) in [7, 11) is 0. The zero-order valence-corrected chi connectivity index (χ0v) is 9.73. The number of benzene rings is 1. The van der Waals surface area contributed by atoms with Gasteiger partial charge in [0.15, 0.2) is 0 Å². The fourth-order valence-corrected chi connectivity index (χ4v) is 1.94. The number of anilines is 1. The molecule has 0 saturated heterocycles. The minimum Gasteiger partial charge on any atom is -0.368 e. The molecule has 15 heavy (non-hydrogen) atoms. The zero-order valence-electron chi connectivity index (χ0n) is 8.10. The smallest absolute Gasteiger partial charge is 0.225 e. The summed E-state index contributed by atoms with van der Waals surface area (Å²) in [6.45, 7) is 0. The van der Waals surface area contributed by atoms with E-state index < -0.39 is 0 Å². The van der Waals surface area contributed by atoms with Gasteiger partial charge in [0.2, 0.25) is 10.7 Å². The number of thioether (sulfide) groups is 1. The lowest BCUT2D eigenvalue weighted by atomic mass is 10.3. The van der Waals surface area contributed by atoms with Crippen molar-refractivity contribution in [3.63, 3.8) is 0 Å². The van der Waals surface area contributed by atoms with Gasteiger partial charge in [0.05, 0.1) is 5.69 Å². The summed E-state index contributed by atoms with van der Waals surface area (Å²) < 4.78 is 2.20. The predicted molar refractivity (Wildman–Crippen MR) is 64.9 cm³/mol. The number of nitrogen functional groups attached to an aromatic ring is 1. The number of nitrogens with one attached hydrogen (secondary N) is 1. The Kier molecular flexibility index (Phi) is 2.79. The Bertz CT molecular complexity index is 512. The van der Waals surface area contributed by atoms with Crippen molar-refractivity contribution in [3.8, 4) is 5.69 Å². The van der Waals surface area contributed by atoms with Crippen molar-refractivity contribution in [2.24, 2.45) is 0 Å². The quantitative estimate of drug-likeness (QED) is 0.622. The van der Waals surface area contributed by atoms with Crippen LogP contribution < -0.4 is 5.73 Å². The molecule has 6 heteroatoms. The van der Waals surface area contributed by atoms with Crippen molar-refractivity contribution in [2.75, 3.05) is 12.0 Å². The number of H-pyrrole nitrogens is 1. The molecule has 0 atom stereocenters. The summed E-state index contributed by atoms with van der Waals surface area (Å²) >= 11 is 6.77. The van der Waals surface area contributed by atoms with Crippen molar-refractivity contribution >= 4 is 29.9 Å². The molecule has 0 aliphatic carbocycles. The molecule has 0 radical (unpaired) electrons. The van der Waals surface area contributed by atoms with Gasteiger partial charge >= 0.3 is 0 Å². The third-order valence-corrected chi connectivity index (χ3v) is 3.05. The lowest BCUT2D eigenvalue weighted by Gasteiger charge is -2.03. The molecule has 0 aliphatic heterocycles. The van der Waals surface area contributed by atoms with E-state index in [1.54, 1.807) is 16.3 Å². The SMILES string of the molecule is CSc1ccc(-n2c(N)n[nH]c2=S)cc1. The van der Waals surface area contributed by atoms with Crippen LogP contribution in [0.25, 0.3) is 5.69 Å². The first-order chi connectivity index (χ1) is 7.22. The average Bonchev–Trinajstić information content (AvgIpc) is 2.59.